The van der Waals surface area contributed by atoms with E-state index in [0.717, 1.165) is 55.7 Å². The van der Waals surface area contributed by atoms with Crippen LogP contribution in [-0.2, 0) is 28.4 Å². The molecule has 2 amide bonds. The minimum Gasteiger partial charge on any atom is -0.359 e. The van der Waals surface area contributed by atoms with E-state index >= 15 is 0 Å². The lowest BCUT2D eigenvalue weighted by Crippen LogP contribution is -2.58. The van der Waals surface area contributed by atoms with Gasteiger partial charge in [-0.15, -0.1) is 11.8 Å². The number of hydrogen-bond donors (Lipinski definition) is 2. The number of carbonyl (C=O) groups is 3. The van der Waals surface area contributed by atoms with Gasteiger partial charge < -0.3 is 20.3 Å². The molecule has 2 aromatic carbocycles. The third-order valence-electron chi connectivity index (χ3n) is 9.75. The van der Waals surface area contributed by atoms with Crippen LogP contribution in [0.3, 0.4) is 0 Å². The van der Waals surface area contributed by atoms with Crippen LogP contribution in [0, 0.1) is 17.8 Å². The molecule has 7 rings (SSSR count). The lowest BCUT2D eigenvalue weighted by Gasteiger charge is -2.57. The Kier molecular flexibility index (Phi) is 8.70. The van der Waals surface area contributed by atoms with Crippen LogP contribution in [0.2, 0.25) is 0 Å². The number of benzene rings is 2. The van der Waals surface area contributed by atoms with E-state index in [0.29, 0.717) is 24.1 Å². The van der Waals surface area contributed by atoms with Crippen molar-refractivity contribution in [3.63, 3.8) is 0 Å². The van der Waals surface area contributed by atoms with E-state index in [9.17, 15) is 14.4 Å². The van der Waals surface area contributed by atoms with Crippen molar-refractivity contribution in [3.05, 3.63) is 61.5 Å². The highest BCUT2D eigenvalue weighted by Gasteiger charge is 2.50. The van der Waals surface area contributed by atoms with E-state index in [1.807, 2.05) is 18.2 Å². The van der Waals surface area contributed by atoms with Gasteiger partial charge in [0.25, 0.3) is 5.91 Å². The van der Waals surface area contributed by atoms with Crippen LogP contribution in [0.4, 0.5) is 0 Å². The quantitative estimate of drug-likeness (QED) is 0.204. The number of nitrogens with zero attached hydrogens (tertiary/aromatic N) is 1. The molecule has 4 saturated carbocycles. The number of carbonyl (C=O) groups excluding carboxylic acids is 3. The second-order valence-corrected chi connectivity index (χ2v) is 15.2. The minimum absolute atomic E-state index is 0.136. The monoisotopic (exact) mass is 701 g/mol. The van der Waals surface area contributed by atoms with Gasteiger partial charge in [0, 0.05) is 57.3 Å². The van der Waals surface area contributed by atoms with Crippen molar-refractivity contribution in [3.8, 4) is 0 Å². The van der Waals surface area contributed by atoms with Crippen molar-refractivity contribution in [2.45, 2.75) is 86.7 Å². The fourth-order valence-electron chi connectivity index (χ4n) is 8.07. The molecule has 0 radical (unpaired) electrons. The summed E-state index contributed by atoms with van der Waals surface area (Å²) in [6.07, 6.45) is 9.70. The largest absolute Gasteiger partial charge is 0.359 e. The maximum absolute atomic E-state index is 13.2. The molecule has 0 aromatic heterocycles. The maximum Gasteiger partial charge on any atom is 0.255 e. The predicted octanol–water partition coefficient (Wildman–Crippen LogP) is 6.61. The molecule has 1 unspecified atom stereocenters. The van der Waals surface area contributed by atoms with Gasteiger partial charge in [0.2, 0.25) is 5.91 Å². The molecule has 6 nitrogen and oxygen atoms in total. The number of fused-ring (bicyclic) bond motifs is 1. The third kappa shape index (κ3) is 6.06. The van der Waals surface area contributed by atoms with E-state index in [1.165, 1.54) is 49.7 Å². The molecule has 5 aliphatic rings. The van der Waals surface area contributed by atoms with Crippen molar-refractivity contribution in [1.29, 1.82) is 0 Å². The Morgan fingerprint density at radius 2 is 1.76 bits per heavy atom. The van der Waals surface area contributed by atoms with Gasteiger partial charge in [-0.2, -0.15) is 0 Å². The summed E-state index contributed by atoms with van der Waals surface area (Å²) in [7, 11) is 1.57. The van der Waals surface area contributed by atoms with Crippen LogP contribution >= 0.6 is 43.6 Å². The fraction of sp³-hybridized carbons (Fsp3) is 0.531. The molecule has 1 heterocycles. The highest BCUT2D eigenvalue weighted by atomic mass is 79.9. The zero-order valence-corrected chi connectivity index (χ0v) is 27.4. The summed E-state index contributed by atoms with van der Waals surface area (Å²) < 4.78 is 2.22. The highest BCUT2D eigenvalue weighted by molar-refractivity contribution is 9.11. The molecule has 0 saturated heterocycles. The first-order valence-electron chi connectivity index (χ1n) is 14.7. The molecule has 1 aliphatic heterocycles. The van der Waals surface area contributed by atoms with Crippen molar-refractivity contribution in [2.24, 2.45) is 17.8 Å². The molecule has 4 bridgehead atoms. The maximum atomic E-state index is 13.2. The number of rotatable bonds is 11. The van der Waals surface area contributed by atoms with Crippen LogP contribution in [0.25, 0.3) is 0 Å². The zero-order valence-electron chi connectivity index (χ0n) is 23.4. The highest BCUT2D eigenvalue weighted by Crippen LogP contribution is 2.55. The fourth-order valence-corrected chi connectivity index (χ4v) is 10.4. The molecular weight excluding hydrogens is 666 g/mol. The summed E-state index contributed by atoms with van der Waals surface area (Å²) in [4.78, 5) is 39.4. The molecule has 4 aliphatic carbocycles. The van der Waals surface area contributed by atoms with E-state index in [4.69, 9.17) is 0 Å². The molecule has 218 valence electrons. The average Bonchev–Trinajstić information content (AvgIpc) is 3.28. The molecule has 2 aromatic rings. The summed E-state index contributed by atoms with van der Waals surface area (Å²) in [5.74, 6) is 3.26. The van der Waals surface area contributed by atoms with E-state index in [-0.39, 0.29) is 18.2 Å². The van der Waals surface area contributed by atoms with Gasteiger partial charge >= 0.3 is 0 Å². The van der Waals surface area contributed by atoms with Crippen LogP contribution in [0.5, 0.6) is 0 Å². The average molecular weight is 704 g/mol. The first kappa shape index (κ1) is 29.4. The lowest BCUT2D eigenvalue weighted by atomic mass is 9.53. The normalized spacial score (nSPS) is 26.8. The van der Waals surface area contributed by atoms with Gasteiger partial charge in [0.05, 0.1) is 6.04 Å². The summed E-state index contributed by atoms with van der Waals surface area (Å²) in [6.45, 7) is 1.26. The Morgan fingerprint density at radius 3 is 2.41 bits per heavy atom. The topological polar surface area (TPSA) is 78.5 Å². The van der Waals surface area contributed by atoms with Gasteiger partial charge in [0.1, 0.15) is 6.29 Å². The molecule has 4 fully saturated rings. The Bertz CT molecular complexity index is 1330. The van der Waals surface area contributed by atoms with Crippen molar-refractivity contribution < 1.29 is 14.4 Å². The first-order chi connectivity index (χ1) is 19.8. The zero-order chi connectivity index (χ0) is 28.7. The SMILES string of the molecule is CNC(=O)CCC(C=O)N1Cc2c(SCc3cc(Br)c(CNC45CC6CC(CC(C6)C4)C5)cc3Br)cccc2C1=O. The summed E-state index contributed by atoms with van der Waals surface area (Å²) >= 11 is 9.40. The third-order valence-corrected chi connectivity index (χ3v) is 12.4. The van der Waals surface area contributed by atoms with Crippen molar-refractivity contribution in [2.75, 3.05) is 7.05 Å². The Labute approximate surface area is 263 Å². The Morgan fingerprint density at radius 1 is 1.10 bits per heavy atom. The number of amides is 2. The van der Waals surface area contributed by atoms with Gasteiger partial charge in [-0.1, -0.05) is 37.9 Å². The second kappa shape index (κ2) is 12.1. The van der Waals surface area contributed by atoms with E-state index in [1.54, 1.807) is 23.7 Å². The van der Waals surface area contributed by atoms with E-state index < -0.39 is 6.04 Å². The lowest BCUT2D eigenvalue weighted by molar-refractivity contribution is -0.121. The van der Waals surface area contributed by atoms with Gasteiger partial charge in [-0.05, 0) is 104 Å². The molecular formula is C32H37Br2N3O3S. The van der Waals surface area contributed by atoms with Crippen LogP contribution in [0.1, 0.15) is 78.4 Å². The molecule has 41 heavy (non-hydrogen) atoms. The molecule has 0 spiro atoms. The molecule has 1 atom stereocenters. The van der Waals surface area contributed by atoms with E-state index in [2.05, 4.69) is 54.6 Å². The first-order valence-corrected chi connectivity index (χ1v) is 17.3. The Balaban J connectivity index is 1.10. The summed E-state index contributed by atoms with van der Waals surface area (Å²) in [6, 6.07) is 9.64. The van der Waals surface area contributed by atoms with Gasteiger partial charge in [-0.25, -0.2) is 0 Å². The second-order valence-electron chi connectivity index (χ2n) is 12.5. The minimum atomic E-state index is -0.616. The smallest absolute Gasteiger partial charge is 0.255 e. The van der Waals surface area contributed by atoms with Crippen molar-refractivity contribution >= 4 is 61.7 Å². The molecule has 2 N–H and O–H groups in total. The summed E-state index contributed by atoms with van der Waals surface area (Å²) in [5, 5.41) is 6.60. The van der Waals surface area contributed by atoms with Crippen molar-refractivity contribution in [1.82, 2.24) is 15.5 Å². The number of thioether (sulfide) groups is 1. The number of hydrogen-bond acceptors (Lipinski definition) is 5. The number of halogens is 2. The predicted molar refractivity (Wildman–Crippen MR) is 169 cm³/mol. The molecule has 9 heteroatoms. The van der Waals surface area contributed by atoms with Gasteiger partial charge in [-0.3, -0.25) is 9.59 Å². The number of nitrogens with one attached hydrogen (secondary N) is 2. The van der Waals surface area contributed by atoms with Crippen LogP contribution in [0.15, 0.2) is 44.2 Å². The number of aldehydes is 1. The van der Waals surface area contributed by atoms with Crippen LogP contribution in [-0.4, -0.2) is 41.6 Å². The van der Waals surface area contributed by atoms with Crippen LogP contribution < -0.4 is 10.6 Å². The standard InChI is InChI=1S/C32H37Br2N3O3S/c1-35-30(39)6-5-24(17-38)37-16-26-25(31(37)40)3-2-4-29(26)41-18-23-11-27(33)22(10-28(23)34)15-36-32-12-19-7-20(13-32)9-21(8-19)14-32/h2-4,10-11,17,19-21,24,36H,5-9,12-16,18H2,1H3,(H,35,39). The summed E-state index contributed by atoms with van der Waals surface area (Å²) in [5.41, 5.74) is 4.41. The Hall–Kier alpha value is -1.68. The van der Waals surface area contributed by atoms with Gasteiger partial charge in [0.15, 0.2) is 0 Å².